The molecule has 0 saturated carbocycles. The Morgan fingerprint density at radius 3 is 1.62 bits per heavy atom. The van der Waals surface area contributed by atoms with Crippen LogP contribution in [0.2, 0.25) is 0 Å². The molecule has 0 bridgehead atoms. The summed E-state index contributed by atoms with van der Waals surface area (Å²) in [5, 5.41) is 5.43. The second-order valence-corrected chi connectivity index (χ2v) is 9.29. The van der Waals surface area contributed by atoms with Gasteiger partial charge in [0.2, 0.25) is 0 Å². The van der Waals surface area contributed by atoms with Gasteiger partial charge in [-0.2, -0.15) is 12.6 Å². The molecule has 9 heteroatoms. The molecule has 1 aromatic heterocycles. The number of carbonyl (C=O) groups excluding carboxylic acids is 2. The van der Waals surface area contributed by atoms with Crippen molar-refractivity contribution in [3.05, 3.63) is 11.4 Å². The third-order valence-electron chi connectivity index (χ3n) is 3.56. The van der Waals surface area contributed by atoms with E-state index in [2.05, 4.69) is 54.0 Å². The Morgan fingerprint density at radius 1 is 0.885 bits per heavy atom. The van der Waals surface area contributed by atoms with Crippen LogP contribution in [0, 0.1) is 5.41 Å². The van der Waals surface area contributed by atoms with Crippen LogP contribution in [0.1, 0.15) is 68.4 Å². The fraction of sp³-hybridized carbons (Fsp3) is 0.647. The van der Waals surface area contributed by atoms with Gasteiger partial charge in [-0.25, -0.2) is 9.97 Å². The molecule has 8 nitrogen and oxygen atoms in total. The zero-order valence-electron chi connectivity index (χ0n) is 16.1. The van der Waals surface area contributed by atoms with Crippen LogP contribution in [-0.4, -0.2) is 39.6 Å². The number of carbonyl (C=O) groups is 2. The monoisotopic (exact) mass is 382 g/mol. The summed E-state index contributed by atoms with van der Waals surface area (Å²) < 4.78 is -0.210. The van der Waals surface area contributed by atoms with Crippen LogP contribution >= 0.6 is 12.6 Å². The molecule has 0 fully saturated rings. The normalized spacial score (nSPS) is 11.9. The standard InChI is InChI=1S/C17H30N6O2S/c1-16(2,3)6-8-20-14(24)10-12(18)23-11(13(19)22-10)15(25)21-9-7-17(4,5)26/h26H,6-9H2,1-5H3,(H2,18,23)(H2,19,22)(H,20,24)(H,21,25). The maximum atomic E-state index is 12.2. The molecule has 2 amide bonds. The molecule has 146 valence electrons. The van der Waals surface area contributed by atoms with Crippen LogP contribution in [0.3, 0.4) is 0 Å². The molecule has 0 saturated heterocycles. The van der Waals surface area contributed by atoms with Crippen molar-refractivity contribution in [1.82, 2.24) is 20.6 Å². The summed E-state index contributed by atoms with van der Waals surface area (Å²) in [4.78, 5) is 32.3. The molecule has 0 radical (unpaired) electrons. The van der Waals surface area contributed by atoms with E-state index in [0.29, 0.717) is 19.5 Å². The highest BCUT2D eigenvalue weighted by Crippen LogP contribution is 2.18. The smallest absolute Gasteiger partial charge is 0.273 e. The average Bonchev–Trinajstić information content (AvgIpc) is 2.46. The maximum Gasteiger partial charge on any atom is 0.273 e. The van der Waals surface area contributed by atoms with Crippen LogP contribution in [0.15, 0.2) is 0 Å². The van der Waals surface area contributed by atoms with Gasteiger partial charge in [-0.3, -0.25) is 9.59 Å². The quantitative estimate of drug-likeness (QED) is 0.455. The first kappa shape index (κ1) is 22.0. The number of nitrogens with two attached hydrogens (primary N) is 2. The number of hydrogen-bond donors (Lipinski definition) is 5. The van der Waals surface area contributed by atoms with Gasteiger partial charge in [0.1, 0.15) is 0 Å². The molecular weight excluding hydrogens is 352 g/mol. The third-order valence-corrected chi connectivity index (χ3v) is 3.79. The molecule has 0 aromatic carbocycles. The zero-order valence-corrected chi connectivity index (χ0v) is 17.0. The molecule has 6 N–H and O–H groups in total. The topological polar surface area (TPSA) is 136 Å². The SMILES string of the molecule is CC(C)(C)CCNC(=O)c1nc(N)c(C(=O)NCCC(C)(C)S)nc1N. The number of thiol groups is 1. The first-order chi connectivity index (χ1) is 11.8. The van der Waals surface area contributed by atoms with E-state index in [1.807, 2.05) is 13.8 Å². The number of nitrogens with zero attached hydrogens (tertiary/aromatic N) is 2. The molecule has 1 aromatic rings. The number of nitrogen functional groups attached to an aromatic ring is 2. The zero-order chi connectivity index (χ0) is 20.1. The number of amides is 2. The largest absolute Gasteiger partial charge is 0.382 e. The minimum absolute atomic E-state index is 0.0792. The van der Waals surface area contributed by atoms with Crippen LogP contribution < -0.4 is 22.1 Å². The molecule has 0 unspecified atom stereocenters. The Balaban J connectivity index is 2.78. The Morgan fingerprint density at radius 2 is 1.27 bits per heavy atom. The van der Waals surface area contributed by atoms with Crippen LogP contribution in [0.5, 0.6) is 0 Å². The lowest BCUT2D eigenvalue weighted by Gasteiger charge is -2.18. The van der Waals surface area contributed by atoms with Crippen molar-refractivity contribution in [3.63, 3.8) is 0 Å². The lowest BCUT2D eigenvalue weighted by molar-refractivity contribution is 0.0932. The molecule has 0 atom stereocenters. The Hall–Kier alpha value is -2.03. The minimum atomic E-state index is -0.487. The van der Waals surface area contributed by atoms with E-state index in [0.717, 1.165) is 6.42 Å². The Kier molecular flexibility index (Phi) is 7.25. The van der Waals surface area contributed by atoms with E-state index in [1.54, 1.807) is 0 Å². The van der Waals surface area contributed by atoms with E-state index >= 15 is 0 Å². The fourth-order valence-corrected chi connectivity index (χ4v) is 2.11. The first-order valence-corrected chi connectivity index (χ1v) is 8.97. The van der Waals surface area contributed by atoms with Gasteiger partial charge in [-0.05, 0) is 18.3 Å². The summed E-state index contributed by atoms with van der Waals surface area (Å²) in [6.07, 6.45) is 1.46. The molecule has 0 aliphatic heterocycles. The van der Waals surface area contributed by atoms with Crippen molar-refractivity contribution in [2.24, 2.45) is 5.41 Å². The number of rotatable bonds is 7. The highest BCUT2D eigenvalue weighted by molar-refractivity contribution is 7.81. The van der Waals surface area contributed by atoms with Crippen molar-refractivity contribution in [2.45, 2.75) is 52.2 Å². The second kappa shape index (κ2) is 8.57. The number of hydrogen-bond acceptors (Lipinski definition) is 7. The lowest BCUT2D eigenvalue weighted by Crippen LogP contribution is -2.32. The van der Waals surface area contributed by atoms with Crippen molar-refractivity contribution < 1.29 is 9.59 Å². The third kappa shape index (κ3) is 7.47. The van der Waals surface area contributed by atoms with E-state index in [1.165, 1.54) is 0 Å². The fourth-order valence-electron chi connectivity index (χ4n) is 2.00. The van der Waals surface area contributed by atoms with E-state index in [4.69, 9.17) is 11.5 Å². The molecular formula is C17H30N6O2S. The van der Waals surface area contributed by atoms with Crippen molar-refractivity contribution in [3.8, 4) is 0 Å². The lowest BCUT2D eigenvalue weighted by atomic mass is 9.92. The highest BCUT2D eigenvalue weighted by atomic mass is 32.1. The van der Waals surface area contributed by atoms with Gasteiger partial charge in [-0.15, -0.1) is 0 Å². The van der Waals surface area contributed by atoms with Gasteiger partial charge < -0.3 is 22.1 Å². The average molecular weight is 383 g/mol. The maximum absolute atomic E-state index is 12.2. The summed E-state index contributed by atoms with van der Waals surface area (Å²) in [5.74, 6) is -1.22. The molecule has 0 aliphatic rings. The first-order valence-electron chi connectivity index (χ1n) is 8.52. The van der Waals surface area contributed by atoms with E-state index < -0.39 is 11.8 Å². The van der Waals surface area contributed by atoms with Crippen LogP contribution in [0.25, 0.3) is 0 Å². The minimum Gasteiger partial charge on any atom is -0.382 e. The molecule has 1 rings (SSSR count). The van der Waals surface area contributed by atoms with Gasteiger partial charge in [-0.1, -0.05) is 34.6 Å². The molecule has 1 heterocycles. The predicted molar refractivity (Wildman–Crippen MR) is 107 cm³/mol. The van der Waals surface area contributed by atoms with E-state index in [-0.39, 0.29) is 33.2 Å². The Bertz CT molecular complexity index is 607. The van der Waals surface area contributed by atoms with Gasteiger partial charge in [0.25, 0.3) is 11.8 Å². The van der Waals surface area contributed by atoms with Crippen molar-refractivity contribution in [1.29, 1.82) is 0 Å². The van der Waals surface area contributed by atoms with Crippen molar-refractivity contribution in [2.75, 3.05) is 24.6 Å². The van der Waals surface area contributed by atoms with Crippen LogP contribution in [-0.2, 0) is 0 Å². The number of nitrogens with one attached hydrogen (secondary N) is 2. The predicted octanol–water partition coefficient (Wildman–Crippen LogP) is 1.64. The summed E-state index contributed by atoms with van der Waals surface area (Å²) in [7, 11) is 0. The van der Waals surface area contributed by atoms with Crippen molar-refractivity contribution >= 4 is 36.1 Å². The van der Waals surface area contributed by atoms with E-state index in [9.17, 15) is 9.59 Å². The summed E-state index contributed by atoms with van der Waals surface area (Å²) in [6, 6.07) is 0. The van der Waals surface area contributed by atoms with Gasteiger partial charge in [0.05, 0.1) is 0 Å². The molecule has 26 heavy (non-hydrogen) atoms. The van der Waals surface area contributed by atoms with Gasteiger partial charge in [0, 0.05) is 17.8 Å². The summed E-state index contributed by atoms with van der Waals surface area (Å²) >= 11 is 4.39. The van der Waals surface area contributed by atoms with Gasteiger partial charge in [0.15, 0.2) is 23.0 Å². The number of anilines is 2. The van der Waals surface area contributed by atoms with Gasteiger partial charge >= 0.3 is 0 Å². The number of aromatic nitrogens is 2. The summed E-state index contributed by atoms with van der Waals surface area (Å²) in [5.41, 5.74) is 11.5. The Labute approximate surface area is 160 Å². The molecule has 0 aliphatic carbocycles. The highest BCUT2D eigenvalue weighted by Gasteiger charge is 2.21. The summed E-state index contributed by atoms with van der Waals surface area (Å²) in [6.45, 7) is 11.0. The second-order valence-electron chi connectivity index (χ2n) is 8.08. The molecule has 0 spiro atoms. The van der Waals surface area contributed by atoms with Crippen LogP contribution in [0.4, 0.5) is 11.6 Å².